The van der Waals surface area contributed by atoms with Crippen LogP contribution in [0.15, 0.2) is 84.3 Å². The van der Waals surface area contributed by atoms with E-state index >= 15 is 0 Å². The first-order valence-electron chi connectivity index (χ1n) is 32.3. The molecule has 90 heavy (non-hydrogen) atoms. The van der Waals surface area contributed by atoms with E-state index in [1.54, 1.807) is 47.0 Å². The summed E-state index contributed by atoms with van der Waals surface area (Å²) in [6.07, 6.45) is 19.5. The molecule has 1 saturated carbocycles. The number of aromatic nitrogens is 2. The molecule has 2 bridgehead atoms. The molecule has 492 valence electrons. The lowest BCUT2D eigenvalue weighted by Gasteiger charge is -2.43. The number of fused-ring (bicyclic) bond motifs is 3. The van der Waals surface area contributed by atoms with Gasteiger partial charge >= 0.3 is 12.1 Å². The van der Waals surface area contributed by atoms with Crippen molar-refractivity contribution in [1.29, 1.82) is 0 Å². The van der Waals surface area contributed by atoms with Gasteiger partial charge < -0.3 is 53.8 Å². The number of esters is 1. The number of aliphatic hydroxyl groups is 2. The number of ether oxygens (including phenoxy) is 6. The lowest BCUT2D eigenvalue weighted by molar-refractivity contribution is -0.264. The molecule has 20 nitrogen and oxygen atoms in total. The van der Waals surface area contributed by atoms with Gasteiger partial charge in [-0.3, -0.25) is 24.1 Å². The SMILES string of the molecule is C#CCN1CCN(c2ncc(-c3cccc(CO[C@@H]4CC[C@@H](C[C@@H](C)[C@@H]5CC(=O)[C@H](C)/C=C(\C)[C@@H](O)[C@@H](OC)C(=O)[C@H](C)C[C@H](C)/C=C/C=C/C=C(\C)C(NC(=O)OC)C[C@@H]6CC[C@@H](C)[C@@](O)(O6)C(=O)C(=O)N6CCCC[C@H]6C(=O)O5)C[C@H]4OC)c3)cn2)CC1. The van der Waals surface area contributed by atoms with E-state index in [9.17, 15) is 39.0 Å². The standard InChI is InChI=1S/C70H98N6O14/c1-12-28-74-30-32-75(33-31-74)68-71-41-54(42-72-68)53-22-18-21-52(37-53)43-88-59-27-25-51(38-61(59)85-9)36-47(5)60-40-58(77)46(4)35-49(7)63(79)64(86-10)62(78)48(6)34-44(2)19-14-13-15-20-45(3)56(73-69(83)87-11)39-55-26-24-50(8)70(84,90-55)65(80)66(81)76-29-17-16-23-57(76)67(82)89-60/h1,13-15,18-22,35,37,41-42,44,46-48,50-51,55-57,59-61,63-64,79,84H,16-17,23-34,36,38-40,43H2,2-11H3,(H,73,83)/b15-13+,19-14+,45-20+,49-35+/t44-,46-,47-,48-,50-,51+,55+,56?,57+,59-,60+,61-,63-,64+,70-/m1/s1. The number of nitrogens with zero attached hydrogens (tertiary/aromatic N) is 5. The van der Waals surface area contributed by atoms with Gasteiger partial charge in [-0.1, -0.05) is 101 Å². The molecule has 3 N–H and O–H groups in total. The van der Waals surface area contributed by atoms with Crippen molar-refractivity contribution >= 4 is 41.3 Å². The Morgan fingerprint density at radius 2 is 1.61 bits per heavy atom. The molecule has 2 amide bonds. The van der Waals surface area contributed by atoms with Crippen LogP contribution in [0.3, 0.4) is 0 Å². The number of terminal acetylenes is 1. The highest BCUT2D eigenvalue weighted by Gasteiger charge is 2.53. The third-order valence-corrected chi connectivity index (χ3v) is 19.0. The number of carbonyl (C=O) groups is 6. The Kier molecular flexibility index (Phi) is 26.6. The molecule has 4 aliphatic heterocycles. The Balaban J connectivity index is 1.09. The van der Waals surface area contributed by atoms with Gasteiger partial charge in [-0.2, -0.15) is 0 Å². The summed E-state index contributed by atoms with van der Waals surface area (Å²) in [6, 6.07) is 6.27. The molecular weight excluding hydrogens is 1150 g/mol. The highest BCUT2D eigenvalue weighted by atomic mass is 16.6. The van der Waals surface area contributed by atoms with Gasteiger partial charge in [0.1, 0.15) is 30.1 Å². The summed E-state index contributed by atoms with van der Waals surface area (Å²) in [5.74, 6) is -5.22. The lowest BCUT2D eigenvalue weighted by Crippen LogP contribution is -2.61. The summed E-state index contributed by atoms with van der Waals surface area (Å²) in [7, 11) is 4.29. The fourth-order valence-electron chi connectivity index (χ4n) is 13.3. The molecule has 5 aliphatic rings. The van der Waals surface area contributed by atoms with Gasteiger partial charge in [-0.25, -0.2) is 19.6 Å². The van der Waals surface area contributed by atoms with Crippen LogP contribution in [-0.4, -0.2) is 180 Å². The Morgan fingerprint density at radius 3 is 2.31 bits per heavy atom. The van der Waals surface area contributed by atoms with Crippen molar-refractivity contribution in [1.82, 2.24) is 25.1 Å². The summed E-state index contributed by atoms with van der Waals surface area (Å²) in [5, 5.41) is 26.7. The van der Waals surface area contributed by atoms with Crippen molar-refractivity contribution in [2.75, 3.05) is 65.5 Å². The molecule has 0 radical (unpaired) electrons. The molecule has 1 aromatic heterocycles. The van der Waals surface area contributed by atoms with Crippen LogP contribution < -0.4 is 10.2 Å². The van der Waals surface area contributed by atoms with Gasteiger partial charge in [0.25, 0.3) is 11.7 Å². The molecule has 1 unspecified atom stereocenters. The van der Waals surface area contributed by atoms with Crippen LogP contribution in [-0.2, 0) is 59.0 Å². The van der Waals surface area contributed by atoms with Crippen LogP contribution in [0.1, 0.15) is 131 Å². The van der Waals surface area contributed by atoms with E-state index in [1.807, 2.05) is 75.7 Å². The summed E-state index contributed by atoms with van der Waals surface area (Å²) in [4.78, 5) is 100. The Labute approximate surface area is 532 Å². The first-order chi connectivity index (χ1) is 43.1. The maximum absolute atomic E-state index is 14.8. The minimum atomic E-state index is -2.55. The monoisotopic (exact) mass is 1250 g/mol. The molecule has 1 aromatic carbocycles. The molecule has 7 rings (SSSR count). The molecule has 1 aliphatic carbocycles. The van der Waals surface area contributed by atoms with E-state index in [1.165, 1.54) is 19.1 Å². The van der Waals surface area contributed by atoms with E-state index in [0.29, 0.717) is 81.6 Å². The first-order valence-corrected chi connectivity index (χ1v) is 32.3. The van der Waals surface area contributed by atoms with Gasteiger partial charge in [0.2, 0.25) is 11.7 Å². The number of piperidine rings is 1. The minimum absolute atomic E-state index is 0.0345. The van der Waals surface area contributed by atoms with Crippen LogP contribution in [0.5, 0.6) is 0 Å². The summed E-state index contributed by atoms with van der Waals surface area (Å²) in [6.45, 7) is 16.9. The Bertz CT molecular complexity index is 2930. The number of carbonyl (C=O) groups excluding carboxylic acids is 6. The van der Waals surface area contributed by atoms with Gasteiger partial charge in [0, 0.05) is 89.1 Å². The third kappa shape index (κ3) is 18.9. The van der Waals surface area contributed by atoms with Crippen LogP contribution in [0, 0.1) is 47.9 Å². The van der Waals surface area contributed by atoms with E-state index in [0.717, 1.165) is 49.3 Å². The second-order valence-electron chi connectivity index (χ2n) is 25.8. The average molecular weight is 1250 g/mol. The van der Waals surface area contributed by atoms with Crippen molar-refractivity contribution in [3.63, 3.8) is 0 Å². The van der Waals surface area contributed by atoms with Crippen LogP contribution in [0.25, 0.3) is 11.1 Å². The Hall–Kier alpha value is -6.44. The van der Waals surface area contributed by atoms with Gasteiger partial charge in [-0.15, -0.1) is 6.42 Å². The second-order valence-corrected chi connectivity index (χ2v) is 25.8. The Morgan fingerprint density at radius 1 is 0.867 bits per heavy atom. The molecule has 5 heterocycles. The maximum atomic E-state index is 14.8. The number of methoxy groups -OCH3 is 3. The molecule has 3 saturated heterocycles. The number of aliphatic hydroxyl groups excluding tert-OH is 1. The number of allylic oxidation sites excluding steroid dienone is 6. The zero-order valence-electron chi connectivity index (χ0n) is 54.6. The molecule has 15 atom stereocenters. The predicted molar refractivity (Wildman–Crippen MR) is 341 cm³/mol. The molecular formula is C70H98N6O14. The van der Waals surface area contributed by atoms with Crippen molar-refractivity contribution < 1.29 is 67.4 Å². The van der Waals surface area contributed by atoms with Crippen LogP contribution in [0.2, 0.25) is 0 Å². The van der Waals surface area contributed by atoms with Crippen LogP contribution >= 0.6 is 0 Å². The number of alkyl carbamates (subject to hydrolysis) is 1. The zero-order valence-corrected chi connectivity index (χ0v) is 54.6. The summed E-state index contributed by atoms with van der Waals surface area (Å²) in [5.41, 5.74) is 3.93. The summed E-state index contributed by atoms with van der Waals surface area (Å²) < 4.78 is 36.0. The number of amides is 2. The number of anilines is 1. The molecule has 4 fully saturated rings. The van der Waals surface area contributed by atoms with E-state index < -0.39 is 83.8 Å². The predicted octanol–water partition coefficient (Wildman–Crippen LogP) is 8.33. The number of nitrogens with one attached hydrogen (secondary N) is 1. The number of Topliss-reactive ketones (excluding diaryl/α,β-unsaturated/α-hetero) is 3. The van der Waals surface area contributed by atoms with E-state index in [2.05, 4.69) is 27.1 Å². The van der Waals surface area contributed by atoms with E-state index in [4.69, 9.17) is 44.8 Å². The highest BCUT2D eigenvalue weighted by molar-refractivity contribution is 6.39. The van der Waals surface area contributed by atoms with Gasteiger partial charge in [0.05, 0.1) is 44.6 Å². The molecule has 2 aromatic rings. The van der Waals surface area contributed by atoms with Crippen LogP contribution in [0.4, 0.5) is 10.7 Å². The number of benzene rings is 1. The second kappa shape index (κ2) is 33.8. The number of piperazine rings is 1. The third-order valence-electron chi connectivity index (χ3n) is 19.0. The van der Waals surface area contributed by atoms with Crippen molar-refractivity contribution in [2.45, 2.75) is 187 Å². The highest BCUT2D eigenvalue weighted by Crippen LogP contribution is 2.38. The number of hydrogen-bond donors (Lipinski definition) is 3. The summed E-state index contributed by atoms with van der Waals surface area (Å²) >= 11 is 0. The topological polar surface area (TPSA) is 246 Å². The fraction of sp³-hybridized carbons (Fsp3) is 0.629. The number of ketones is 3. The maximum Gasteiger partial charge on any atom is 0.407 e. The average Bonchev–Trinajstić information content (AvgIpc) is 1.10. The number of hydrogen-bond acceptors (Lipinski definition) is 18. The smallest absolute Gasteiger partial charge is 0.407 e. The minimum Gasteiger partial charge on any atom is -0.460 e. The van der Waals surface area contributed by atoms with Gasteiger partial charge in [-0.05, 0) is 125 Å². The van der Waals surface area contributed by atoms with Crippen molar-refractivity contribution in [3.8, 4) is 23.5 Å². The van der Waals surface area contributed by atoms with Crippen molar-refractivity contribution in [2.24, 2.45) is 35.5 Å². The molecule has 0 spiro atoms. The quantitative estimate of drug-likeness (QED) is 0.0782. The number of cyclic esters (lactones) is 1. The lowest BCUT2D eigenvalue weighted by atomic mass is 9.78. The first kappa shape index (κ1) is 71.0. The van der Waals surface area contributed by atoms with Gasteiger partial charge in [0.15, 0.2) is 5.78 Å². The largest absolute Gasteiger partial charge is 0.460 e. The normalized spacial score (nSPS) is 33.5. The van der Waals surface area contributed by atoms with E-state index in [-0.39, 0.29) is 67.3 Å². The zero-order chi connectivity index (χ0) is 65.2. The van der Waals surface area contributed by atoms with Crippen molar-refractivity contribution in [3.05, 3.63) is 89.8 Å². The fourth-order valence-corrected chi connectivity index (χ4v) is 13.3. The number of rotatable bonds is 12. The molecule has 20 heteroatoms.